The second kappa shape index (κ2) is 29.8. The third-order valence-electron chi connectivity index (χ3n) is 15.1. The molecule has 0 heterocycles. The molecule has 0 rings (SSSR count). The Hall–Kier alpha value is -1.14. The summed E-state index contributed by atoms with van der Waals surface area (Å²) in [6, 6.07) is 0. The molecule has 65 heavy (non-hydrogen) atoms. The molecule has 0 aromatic rings. The van der Waals surface area contributed by atoms with Gasteiger partial charge < -0.3 is 20.2 Å². The van der Waals surface area contributed by atoms with Gasteiger partial charge in [-0.15, -0.1) is 0 Å². The van der Waals surface area contributed by atoms with Crippen molar-refractivity contribution >= 4 is 11.9 Å². The lowest BCUT2D eigenvalue weighted by Crippen LogP contribution is -2.39. The van der Waals surface area contributed by atoms with Crippen molar-refractivity contribution in [1.29, 1.82) is 0 Å². The molecule has 0 fully saturated rings. The Bertz CT molecular complexity index is 1180. The first-order valence-electron chi connectivity index (χ1n) is 27.7. The number of carbonyl (C=O) groups is 2. The summed E-state index contributed by atoms with van der Waals surface area (Å²) < 4.78 is 0. The minimum absolute atomic E-state index is 0.0736. The summed E-state index contributed by atoms with van der Waals surface area (Å²) in [5.74, 6) is -0.0257. The second-order valence-corrected chi connectivity index (χ2v) is 27.4. The number of aliphatic hydroxyl groups is 1. The average Bonchev–Trinajstić information content (AvgIpc) is 3.12. The topological polar surface area (TPSA) is 98.1 Å². The molecule has 0 aromatic carbocycles. The van der Waals surface area contributed by atoms with Gasteiger partial charge >= 0.3 is 11.9 Å². The molecule has 0 aliphatic heterocycles. The summed E-state index contributed by atoms with van der Waals surface area (Å²) in [6.45, 7) is 44.0. The summed E-state index contributed by atoms with van der Waals surface area (Å²) in [4.78, 5) is 29.2. The zero-order valence-corrected chi connectivity index (χ0v) is 47.2. The molecule has 0 aliphatic rings. The van der Waals surface area contributed by atoms with E-state index in [-0.39, 0.29) is 33.5 Å². The van der Waals surface area contributed by atoms with E-state index in [4.69, 9.17) is 0 Å². The van der Waals surface area contributed by atoms with Crippen LogP contribution in [-0.4, -0.2) is 57.4 Å². The van der Waals surface area contributed by atoms with E-state index in [1.165, 1.54) is 12.8 Å². The molecule has 0 bridgehead atoms. The number of unbranched alkanes of at least 4 members (excludes halogenated alkanes) is 7. The highest BCUT2D eigenvalue weighted by Crippen LogP contribution is 2.47. The number of nitrogens with zero attached hydrogens (tertiary/aromatic N) is 1. The van der Waals surface area contributed by atoms with Gasteiger partial charge in [-0.2, -0.15) is 0 Å². The van der Waals surface area contributed by atoms with Gasteiger partial charge in [-0.1, -0.05) is 176 Å². The number of carboxylic acid groups (broad SMARTS) is 2. The monoisotopic (exact) mass is 920 g/mol. The van der Waals surface area contributed by atoms with Crippen molar-refractivity contribution in [2.24, 2.45) is 56.2 Å². The fourth-order valence-electron chi connectivity index (χ4n) is 12.2. The fourth-order valence-corrected chi connectivity index (χ4v) is 12.2. The second-order valence-electron chi connectivity index (χ2n) is 27.4. The van der Waals surface area contributed by atoms with Crippen LogP contribution in [0.15, 0.2) is 0 Å². The maximum absolute atomic E-state index is 13.3. The van der Waals surface area contributed by atoms with Crippen LogP contribution in [0.3, 0.4) is 0 Å². The van der Waals surface area contributed by atoms with Gasteiger partial charge in [0.1, 0.15) is 0 Å². The summed E-state index contributed by atoms with van der Waals surface area (Å²) in [7, 11) is 0. The van der Waals surface area contributed by atoms with E-state index in [1.54, 1.807) is 0 Å². The highest BCUT2D eigenvalue weighted by molar-refractivity contribution is 5.75. The van der Waals surface area contributed by atoms with Gasteiger partial charge in [-0.25, -0.2) is 0 Å². The normalized spacial score (nSPS) is 17.8. The van der Waals surface area contributed by atoms with Crippen molar-refractivity contribution in [3.63, 3.8) is 0 Å². The average molecular weight is 921 g/mol. The molecule has 0 amide bonds. The highest BCUT2D eigenvalue weighted by Gasteiger charge is 2.45. The third-order valence-corrected chi connectivity index (χ3v) is 15.1. The van der Waals surface area contributed by atoms with Crippen LogP contribution in [-0.2, 0) is 9.59 Å². The summed E-state index contributed by atoms with van der Waals surface area (Å²) >= 11 is 0. The van der Waals surface area contributed by atoms with Gasteiger partial charge in [0.05, 0.1) is 16.4 Å². The Balaban J connectivity index is 5.87. The van der Waals surface area contributed by atoms with Crippen LogP contribution in [0.1, 0.15) is 285 Å². The number of hydrogen-bond acceptors (Lipinski definition) is 4. The van der Waals surface area contributed by atoms with E-state index in [1.807, 2.05) is 0 Å². The molecular formula is C59H117NO5. The first kappa shape index (κ1) is 63.9. The molecule has 0 saturated heterocycles. The first-order valence-corrected chi connectivity index (χ1v) is 27.7. The van der Waals surface area contributed by atoms with Crippen molar-refractivity contribution in [1.82, 2.24) is 4.90 Å². The van der Waals surface area contributed by atoms with Gasteiger partial charge in [0.25, 0.3) is 0 Å². The van der Waals surface area contributed by atoms with Gasteiger partial charge in [0, 0.05) is 0 Å². The maximum Gasteiger partial charge on any atom is 0.309 e. The standard InChI is InChI=1S/C59H117NO5/c1-19-40-60(41-20-2)42-30-29-35-57(65,33-25-21-23-27-36-58(51(61)62,49(5)45-55(13,14)15)38-31-47(3)43-53(7,8)9)34-26-22-24-28-37-59(52(63)64,50(6)46-56(16,17)18)39-32-48(4)44-54(10,11)12/h47-50,65H,19-46H2,1-18H3,(H,61,62)(H,63,64). The number of rotatable bonds is 37. The van der Waals surface area contributed by atoms with E-state index in [2.05, 4.69) is 130 Å². The van der Waals surface area contributed by atoms with Crippen LogP contribution in [0.4, 0.5) is 0 Å². The Morgan fingerprint density at radius 3 is 0.985 bits per heavy atom. The Labute approximate surface area is 406 Å². The molecule has 6 unspecified atom stereocenters. The van der Waals surface area contributed by atoms with E-state index < -0.39 is 28.4 Å². The SMILES string of the molecule is CCCN(CCC)CCCCC(O)(CCCCCCC(CCC(C)CC(C)(C)C)(C(=O)O)C(C)CC(C)(C)C)CCCCCCC(CCC(C)CC(C)(C)C)(C(=O)O)C(C)CC(C)(C)C. The molecule has 0 radical (unpaired) electrons. The molecule has 0 aliphatic carbocycles. The molecule has 0 saturated carbocycles. The van der Waals surface area contributed by atoms with E-state index in [9.17, 15) is 24.9 Å². The molecule has 388 valence electrons. The molecule has 6 nitrogen and oxygen atoms in total. The molecule has 6 atom stereocenters. The van der Waals surface area contributed by atoms with Crippen LogP contribution in [0, 0.1) is 56.2 Å². The minimum Gasteiger partial charge on any atom is -0.481 e. The van der Waals surface area contributed by atoms with E-state index in [0.717, 1.165) is 167 Å². The smallest absolute Gasteiger partial charge is 0.309 e. The fraction of sp³-hybridized carbons (Fsp3) is 0.966. The zero-order valence-electron chi connectivity index (χ0n) is 47.2. The molecule has 6 heteroatoms. The van der Waals surface area contributed by atoms with Crippen molar-refractivity contribution in [3.05, 3.63) is 0 Å². The minimum atomic E-state index is -0.705. The van der Waals surface area contributed by atoms with E-state index >= 15 is 0 Å². The number of aliphatic carboxylic acids is 2. The zero-order chi connectivity index (χ0) is 50.3. The van der Waals surface area contributed by atoms with E-state index in [0.29, 0.717) is 11.8 Å². The summed E-state index contributed by atoms with van der Waals surface area (Å²) in [5.41, 5.74) is -1.48. The van der Waals surface area contributed by atoms with Crippen LogP contribution >= 0.6 is 0 Å². The molecule has 0 spiro atoms. The Kier molecular flexibility index (Phi) is 29.3. The van der Waals surface area contributed by atoms with Crippen molar-refractivity contribution in [2.75, 3.05) is 19.6 Å². The Morgan fingerprint density at radius 1 is 0.415 bits per heavy atom. The number of hydrogen-bond donors (Lipinski definition) is 3. The van der Waals surface area contributed by atoms with Crippen LogP contribution in [0.5, 0.6) is 0 Å². The summed E-state index contributed by atoms with van der Waals surface area (Å²) in [6.07, 6.45) is 23.6. The van der Waals surface area contributed by atoms with Crippen LogP contribution in [0.25, 0.3) is 0 Å². The van der Waals surface area contributed by atoms with Crippen molar-refractivity contribution in [2.45, 2.75) is 291 Å². The van der Waals surface area contributed by atoms with Gasteiger partial charge in [-0.3, -0.25) is 9.59 Å². The maximum atomic E-state index is 13.3. The molecular weight excluding hydrogens is 803 g/mol. The van der Waals surface area contributed by atoms with Crippen LogP contribution in [0.2, 0.25) is 0 Å². The summed E-state index contributed by atoms with van der Waals surface area (Å²) in [5, 5.41) is 34.1. The lowest BCUT2D eigenvalue weighted by molar-refractivity contribution is -0.156. The predicted octanol–water partition coefficient (Wildman–Crippen LogP) is 17.7. The lowest BCUT2D eigenvalue weighted by Gasteiger charge is -2.39. The molecule has 0 aromatic heterocycles. The largest absolute Gasteiger partial charge is 0.481 e. The first-order chi connectivity index (χ1) is 29.8. The van der Waals surface area contributed by atoms with Crippen molar-refractivity contribution < 1.29 is 24.9 Å². The third kappa shape index (κ3) is 28.2. The molecule has 3 N–H and O–H groups in total. The van der Waals surface area contributed by atoms with Gasteiger partial charge in [0.15, 0.2) is 0 Å². The quantitative estimate of drug-likeness (QED) is 0.0537. The lowest BCUT2D eigenvalue weighted by atomic mass is 9.64. The Morgan fingerprint density at radius 2 is 0.708 bits per heavy atom. The van der Waals surface area contributed by atoms with Gasteiger partial charge in [0.2, 0.25) is 0 Å². The van der Waals surface area contributed by atoms with Crippen LogP contribution < -0.4 is 0 Å². The predicted molar refractivity (Wildman–Crippen MR) is 283 cm³/mol. The highest BCUT2D eigenvalue weighted by atomic mass is 16.4. The number of carboxylic acids is 2. The van der Waals surface area contributed by atoms with Gasteiger partial charge in [-0.05, 0) is 174 Å². The van der Waals surface area contributed by atoms with Crippen molar-refractivity contribution in [3.8, 4) is 0 Å².